The van der Waals surface area contributed by atoms with Crippen molar-refractivity contribution in [3.05, 3.63) is 70.9 Å². The molecule has 2 aromatic heterocycles. The Morgan fingerprint density at radius 1 is 1.04 bits per heavy atom. The van der Waals surface area contributed by atoms with Gasteiger partial charge < -0.3 is 5.73 Å². The van der Waals surface area contributed by atoms with Gasteiger partial charge in [-0.25, -0.2) is 18.7 Å². The van der Waals surface area contributed by atoms with Crippen molar-refractivity contribution >= 4 is 28.5 Å². The SMILES string of the molecule is Nc1nc(-c2ccc(F)cc2)nc2nn(Cc3c(F)cccc3Cl)cc12. The third-order valence-electron chi connectivity index (χ3n) is 3.94. The summed E-state index contributed by atoms with van der Waals surface area (Å²) in [5.41, 5.74) is 7.32. The topological polar surface area (TPSA) is 69.6 Å². The minimum Gasteiger partial charge on any atom is -0.383 e. The van der Waals surface area contributed by atoms with E-state index in [2.05, 4.69) is 15.1 Å². The van der Waals surface area contributed by atoms with Crippen LogP contribution < -0.4 is 5.73 Å². The van der Waals surface area contributed by atoms with Crippen LogP contribution in [0.25, 0.3) is 22.4 Å². The Morgan fingerprint density at radius 3 is 2.54 bits per heavy atom. The van der Waals surface area contributed by atoms with E-state index >= 15 is 0 Å². The summed E-state index contributed by atoms with van der Waals surface area (Å²) in [6, 6.07) is 10.3. The predicted octanol–water partition coefficient (Wildman–Crippen LogP) is 4.06. The van der Waals surface area contributed by atoms with E-state index in [1.807, 2.05) is 0 Å². The largest absolute Gasteiger partial charge is 0.383 e. The van der Waals surface area contributed by atoms with Crippen molar-refractivity contribution < 1.29 is 8.78 Å². The summed E-state index contributed by atoms with van der Waals surface area (Å²) < 4.78 is 28.6. The Kier molecular flexibility index (Phi) is 4.00. The first kappa shape index (κ1) is 16.4. The Hall–Kier alpha value is -3.06. The summed E-state index contributed by atoms with van der Waals surface area (Å²) in [5, 5.41) is 5.20. The maximum atomic E-state index is 14.0. The van der Waals surface area contributed by atoms with Gasteiger partial charge in [0.05, 0.1) is 11.9 Å². The van der Waals surface area contributed by atoms with Crippen LogP contribution in [0.3, 0.4) is 0 Å². The molecule has 0 aliphatic rings. The molecule has 0 spiro atoms. The van der Waals surface area contributed by atoms with Crippen LogP contribution in [-0.4, -0.2) is 19.7 Å². The number of hydrogen-bond acceptors (Lipinski definition) is 4. The number of anilines is 1. The molecule has 0 aliphatic heterocycles. The average molecular weight is 372 g/mol. The molecule has 0 saturated heterocycles. The fourth-order valence-electron chi connectivity index (χ4n) is 2.63. The van der Waals surface area contributed by atoms with Crippen molar-refractivity contribution in [2.75, 3.05) is 5.73 Å². The van der Waals surface area contributed by atoms with E-state index in [0.29, 0.717) is 33.0 Å². The average Bonchev–Trinajstić information content (AvgIpc) is 3.02. The van der Waals surface area contributed by atoms with Crippen LogP contribution in [0.4, 0.5) is 14.6 Å². The highest BCUT2D eigenvalue weighted by atomic mass is 35.5. The standard InChI is InChI=1S/C18H12ClF2N5/c19-14-2-1-3-15(21)12(14)8-26-9-13-16(22)23-17(24-18(13)25-26)10-4-6-11(20)7-5-10/h1-7,9H,8H2,(H2,22,23,24,25). The lowest BCUT2D eigenvalue weighted by atomic mass is 10.2. The number of rotatable bonds is 3. The molecule has 5 nitrogen and oxygen atoms in total. The lowest BCUT2D eigenvalue weighted by molar-refractivity contribution is 0.586. The van der Waals surface area contributed by atoms with Crippen LogP contribution >= 0.6 is 11.6 Å². The number of aromatic nitrogens is 4. The molecular weight excluding hydrogens is 360 g/mol. The summed E-state index contributed by atoms with van der Waals surface area (Å²) in [5.74, 6) is -0.193. The molecule has 0 fully saturated rings. The van der Waals surface area contributed by atoms with Gasteiger partial charge in [-0.05, 0) is 36.4 Å². The van der Waals surface area contributed by atoms with E-state index in [-0.39, 0.29) is 18.2 Å². The number of nitrogens with zero attached hydrogens (tertiary/aromatic N) is 4. The number of fused-ring (bicyclic) bond motifs is 1. The van der Waals surface area contributed by atoms with Gasteiger partial charge in [0.15, 0.2) is 11.5 Å². The summed E-state index contributed by atoms with van der Waals surface area (Å²) in [6.07, 6.45) is 1.64. The van der Waals surface area contributed by atoms with Crippen LogP contribution in [0.5, 0.6) is 0 Å². The molecule has 0 bridgehead atoms. The molecule has 0 radical (unpaired) electrons. The monoisotopic (exact) mass is 371 g/mol. The van der Waals surface area contributed by atoms with Gasteiger partial charge >= 0.3 is 0 Å². The summed E-state index contributed by atoms with van der Waals surface area (Å²) >= 11 is 6.06. The van der Waals surface area contributed by atoms with Gasteiger partial charge in [-0.15, -0.1) is 0 Å². The van der Waals surface area contributed by atoms with Crippen molar-refractivity contribution in [1.82, 2.24) is 19.7 Å². The van der Waals surface area contributed by atoms with Crippen LogP contribution in [0, 0.1) is 11.6 Å². The molecule has 0 atom stereocenters. The molecule has 0 aliphatic carbocycles. The predicted molar refractivity (Wildman–Crippen MR) is 95.6 cm³/mol. The molecule has 2 heterocycles. The van der Waals surface area contributed by atoms with E-state index in [9.17, 15) is 8.78 Å². The normalized spacial score (nSPS) is 11.2. The molecule has 4 aromatic rings. The van der Waals surface area contributed by atoms with Crippen LogP contribution in [-0.2, 0) is 6.54 Å². The number of hydrogen-bond donors (Lipinski definition) is 1. The van der Waals surface area contributed by atoms with Crippen LogP contribution in [0.1, 0.15) is 5.56 Å². The van der Waals surface area contributed by atoms with Gasteiger partial charge in [-0.1, -0.05) is 17.7 Å². The quantitative estimate of drug-likeness (QED) is 0.589. The summed E-state index contributed by atoms with van der Waals surface area (Å²) in [7, 11) is 0. The van der Waals surface area contributed by atoms with Crippen molar-refractivity contribution in [2.24, 2.45) is 0 Å². The van der Waals surface area contributed by atoms with E-state index in [1.165, 1.54) is 22.9 Å². The zero-order valence-corrected chi connectivity index (χ0v) is 14.1. The van der Waals surface area contributed by atoms with Crippen molar-refractivity contribution in [3.8, 4) is 11.4 Å². The van der Waals surface area contributed by atoms with Crippen molar-refractivity contribution in [1.29, 1.82) is 0 Å². The summed E-state index contributed by atoms with van der Waals surface area (Å²) in [4.78, 5) is 8.62. The molecule has 0 saturated carbocycles. The van der Waals surface area contributed by atoms with E-state index < -0.39 is 5.82 Å². The number of benzene rings is 2. The molecule has 2 N–H and O–H groups in total. The zero-order chi connectivity index (χ0) is 18.3. The van der Waals surface area contributed by atoms with Gasteiger partial charge in [-0.2, -0.15) is 5.10 Å². The van der Waals surface area contributed by atoms with Crippen molar-refractivity contribution in [3.63, 3.8) is 0 Å². The van der Waals surface area contributed by atoms with Gasteiger partial charge in [0.25, 0.3) is 0 Å². The molecule has 4 rings (SSSR count). The molecule has 0 unspecified atom stereocenters. The molecule has 130 valence electrons. The molecular formula is C18H12ClF2N5. The smallest absolute Gasteiger partial charge is 0.186 e. The Bertz CT molecular complexity index is 1090. The highest BCUT2D eigenvalue weighted by molar-refractivity contribution is 6.31. The van der Waals surface area contributed by atoms with Crippen molar-refractivity contribution in [2.45, 2.75) is 6.54 Å². The highest BCUT2D eigenvalue weighted by Crippen LogP contribution is 2.24. The second-order valence-electron chi connectivity index (χ2n) is 5.70. The molecule has 26 heavy (non-hydrogen) atoms. The van der Waals surface area contributed by atoms with Gasteiger partial charge in [0, 0.05) is 22.3 Å². The van der Waals surface area contributed by atoms with E-state index in [1.54, 1.807) is 30.5 Å². The third-order valence-corrected chi connectivity index (χ3v) is 4.29. The molecule has 2 aromatic carbocycles. The Morgan fingerprint density at radius 2 is 1.81 bits per heavy atom. The lowest BCUT2D eigenvalue weighted by Crippen LogP contribution is -2.03. The highest BCUT2D eigenvalue weighted by Gasteiger charge is 2.13. The number of halogens is 3. The second-order valence-corrected chi connectivity index (χ2v) is 6.11. The first-order valence-electron chi connectivity index (χ1n) is 7.71. The lowest BCUT2D eigenvalue weighted by Gasteiger charge is -2.05. The van der Waals surface area contributed by atoms with Crippen LogP contribution in [0.2, 0.25) is 5.02 Å². The fraction of sp³-hybridized carbons (Fsp3) is 0.0556. The maximum Gasteiger partial charge on any atom is 0.186 e. The van der Waals surface area contributed by atoms with Gasteiger partial charge in [0.1, 0.15) is 17.5 Å². The van der Waals surface area contributed by atoms with Crippen LogP contribution in [0.15, 0.2) is 48.7 Å². The first-order chi connectivity index (χ1) is 12.5. The Labute approximate surface area is 152 Å². The molecule has 0 amide bonds. The van der Waals surface area contributed by atoms with Gasteiger partial charge in [-0.3, -0.25) is 4.68 Å². The third kappa shape index (κ3) is 2.97. The van der Waals surface area contributed by atoms with E-state index in [4.69, 9.17) is 17.3 Å². The minimum absolute atomic E-state index is 0.132. The molecule has 8 heteroatoms. The minimum atomic E-state index is -0.414. The maximum absolute atomic E-state index is 14.0. The number of nitrogen functional groups attached to an aromatic ring is 1. The summed E-state index contributed by atoms with van der Waals surface area (Å²) in [6.45, 7) is 0.132. The fourth-order valence-corrected chi connectivity index (χ4v) is 2.85. The first-order valence-corrected chi connectivity index (χ1v) is 8.08. The Balaban J connectivity index is 1.75. The number of nitrogens with two attached hydrogens (primary N) is 1. The second kappa shape index (κ2) is 6.34. The van der Waals surface area contributed by atoms with E-state index in [0.717, 1.165) is 0 Å². The zero-order valence-electron chi connectivity index (χ0n) is 13.3. The van der Waals surface area contributed by atoms with Gasteiger partial charge in [0.2, 0.25) is 0 Å².